The lowest BCUT2D eigenvalue weighted by Gasteiger charge is -2.24. The van der Waals surface area contributed by atoms with E-state index in [9.17, 15) is 13.2 Å². The van der Waals surface area contributed by atoms with Crippen LogP contribution in [-0.2, 0) is 21.4 Å². The van der Waals surface area contributed by atoms with Crippen LogP contribution in [0.5, 0.6) is 0 Å². The third-order valence-corrected chi connectivity index (χ3v) is 6.44. The zero-order valence-corrected chi connectivity index (χ0v) is 15.8. The molecule has 6 heteroatoms. The minimum atomic E-state index is -3.75. The quantitative estimate of drug-likeness (QED) is 0.783. The van der Waals surface area contributed by atoms with E-state index in [4.69, 9.17) is 0 Å². The molecule has 138 valence electrons. The predicted molar refractivity (Wildman–Crippen MR) is 101 cm³/mol. The molecule has 0 aromatic heterocycles. The Morgan fingerprint density at radius 1 is 1.00 bits per heavy atom. The number of hydrogen-bond acceptors (Lipinski definition) is 3. The summed E-state index contributed by atoms with van der Waals surface area (Å²) >= 11 is 0. The Morgan fingerprint density at radius 3 is 2.23 bits per heavy atom. The second-order valence-corrected chi connectivity index (χ2v) is 8.60. The van der Waals surface area contributed by atoms with Gasteiger partial charge in [0.05, 0.1) is 11.4 Å². The van der Waals surface area contributed by atoms with Gasteiger partial charge in [0.15, 0.2) is 0 Å². The van der Waals surface area contributed by atoms with E-state index in [0.717, 1.165) is 24.0 Å². The fourth-order valence-electron chi connectivity index (χ4n) is 3.09. The Hall–Kier alpha value is -2.18. The largest absolute Gasteiger partial charge is 0.342 e. The van der Waals surface area contributed by atoms with Gasteiger partial charge >= 0.3 is 0 Å². The van der Waals surface area contributed by atoms with Crippen LogP contribution in [0, 0.1) is 6.92 Å². The van der Waals surface area contributed by atoms with Crippen LogP contribution in [0.15, 0.2) is 59.5 Å². The van der Waals surface area contributed by atoms with E-state index in [1.807, 2.05) is 37.3 Å². The molecule has 2 aromatic rings. The summed E-state index contributed by atoms with van der Waals surface area (Å²) in [7, 11) is -3.75. The second-order valence-electron chi connectivity index (χ2n) is 6.66. The van der Waals surface area contributed by atoms with Gasteiger partial charge in [0.1, 0.15) is 0 Å². The Labute approximate surface area is 155 Å². The molecule has 0 radical (unpaired) electrons. The summed E-state index contributed by atoms with van der Waals surface area (Å²) in [5.74, 6) is -0.130. The monoisotopic (exact) mass is 372 g/mol. The summed E-state index contributed by atoms with van der Waals surface area (Å²) in [6.45, 7) is 3.38. The van der Waals surface area contributed by atoms with E-state index in [0.29, 0.717) is 13.1 Å². The highest BCUT2D eigenvalue weighted by Gasteiger charge is 2.29. The fraction of sp³-hybridized carbons (Fsp3) is 0.350. The molecule has 0 spiro atoms. The maximum Gasteiger partial charge on any atom is 0.243 e. The van der Waals surface area contributed by atoms with Crippen LogP contribution in [0.3, 0.4) is 0 Å². The first-order valence-electron chi connectivity index (χ1n) is 8.85. The van der Waals surface area contributed by atoms with E-state index in [1.54, 1.807) is 29.2 Å². The second kappa shape index (κ2) is 8.01. The van der Waals surface area contributed by atoms with Gasteiger partial charge in [-0.15, -0.1) is 0 Å². The van der Waals surface area contributed by atoms with Gasteiger partial charge in [0.2, 0.25) is 15.9 Å². The number of carbonyl (C=O) groups is 1. The Bertz CT molecular complexity index is 842. The maximum absolute atomic E-state index is 13.2. The van der Waals surface area contributed by atoms with Gasteiger partial charge in [-0.25, -0.2) is 8.42 Å². The van der Waals surface area contributed by atoms with Crippen molar-refractivity contribution in [3.05, 3.63) is 65.7 Å². The van der Waals surface area contributed by atoms with Crippen molar-refractivity contribution in [3.63, 3.8) is 0 Å². The summed E-state index contributed by atoms with van der Waals surface area (Å²) in [5.41, 5.74) is 1.85. The number of benzene rings is 2. The number of sulfonamides is 1. The van der Waals surface area contributed by atoms with Gasteiger partial charge in [-0.2, -0.15) is 4.31 Å². The number of hydrogen-bond donors (Lipinski definition) is 0. The van der Waals surface area contributed by atoms with Gasteiger partial charge in [0.25, 0.3) is 0 Å². The van der Waals surface area contributed by atoms with E-state index >= 15 is 0 Å². The third-order valence-electron chi connectivity index (χ3n) is 4.63. The topological polar surface area (TPSA) is 57.7 Å². The lowest BCUT2D eigenvalue weighted by molar-refractivity contribution is -0.130. The van der Waals surface area contributed by atoms with Crippen molar-refractivity contribution >= 4 is 15.9 Å². The molecule has 0 N–H and O–H groups in total. The maximum atomic E-state index is 13.2. The molecule has 0 unspecified atom stereocenters. The first-order valence-corrected chi connectivity index (χ1v) is 10.3. The number of rotatable bonds is 6. The minimum Gasteiger partial charge on any atom is -0.342 e. The highest BCUT2D eigenvalue weighted by Crippen LogP contribution is 2.20. The van der Waals surface area contributed by atoms with Crippen LogP contribution in [0.1, 0.15) is 24.0 Å². The number of aryl methyl sites for hydroxylation is 1. The molecule has 0 aliphatic carbocycles. The Morgan fingerprint density at radius 2 is 1.62 bits per heavy atom. The van der Waals surface area contributed by atoms with Crippen molar-refractivity contribution in [3.8, 4) is 0 Å². The van der Waals surface area contributed by atoms with Crippen LogP contribution in [0.25, 0.3) is 0 Å². The van der Waals surface area contributed by atoms with Crippen LogP contribution >= 0.6 is 0 Å². The van der Waals surface area contributed by atoms with E-state index in [2.05, 4.69) is 0 Å². The molecule has 2 aromatic carbocycles. The fourth-order valence-corrected chi connectivity index (χ4v) is 4.47. The summed E-state index contributed by atoms with van der Waals surface area (Å²) < 4.78 is 27.6. The first-order chi connectivity index (χ1) is 12.5. The molecule has 0 atom stereocenters. The molecule has 1 saturated heterocycles. The molecule has 1 fully saturated rings. The van der Waals surface area contributed by atoms with Crippen LogP contribution in [0.2, 0.25) is 0 Å². The lowest BCUT2D eigenvalue weighted by atomic mass is 10.2. The average molecular weight is 372 g/mol. The van der Waals surface area contributed by atoms with Gasteiger partial charge < -0.3 is 4.90 Å². The number of likely N-dealkylation sites (tertiary alicyclic amines) is 1. The summed E-state index contributed by atoms with van der Waals surface area (Å²) in [5, 5.41) is 0. The highest BCUT2D eigenvalue weighted by molar-refractivity contribution is 7.89. The predicted octanol–water partition coefficient (Wildman–Crippen LogP) is 2.81. The molecule has 0 bridgehead atoms. The zero-order chi connectivity index (χ0) is 18.6. The van der Waals surface area contributed by atoms with Gasteiger partial charge in [0, 0.05) is 19.6 Å². The molecule has 1 amide bonds. The zero-order valence-electron chi connectivity index (χ0n) is 15.0. The molecule has 0 saturated carbocycles. The van der Waals surface area contributed by atoms with Crippen molar-refractivity contribution < 1.29 is 13.2 Å². The normalized spacial score (nSPS) is 14.8. The van der Waals surface area contributed by atoms with Crippen molar-refractivity contribution in [2.24, 2.45) is 0 Å². The average Bonchev–Trinajstić information content (AvgIpc) is 3.17. The molecular formula is C20H24N2O3S. The van der Waals surface area contributed by atoms with E-state index in [-0.39, 0.29) is 23.9 Å². The first kappa shape index (κ1) is 18.6. The minimum absolute atomic E-state index is 0.130. The van der Waals surface area contributed by atoms with Crippen LogP contribution < -0.4 is 0 Å². The van der Waals surface area contributed by atoms with Crippen molar-refractivity contribution in [2.45, 2.75) is 31.2 Å². The van der Waals surface area contributed by atoms with Crippen molar-refractivity contribution in [1.82, 2.24) is 9.21 Å². The standard InChI is InChI=1S/C20H24N2O3S/c1-17-9-11-19(12-10-17)26(24,25)22(15-18-7-3-2-4-8-18)16-20(23)21-13-5-6-14-21/h2-4,7-12H,5-6,13-16H2,1H3. The smallest absolute Gasteiger partial charge is 0.243 e. The molecular weight excluding hydrogens is 348 g/mol. The molecule has 1 heterocycles. The Balaban J connectivity index is 1.88. The van der Waals surface area contributed by atoms with Crippen molar-refractivity contribution in [1.29, 1.82) is 0 Å². The van der Waals surface area contributed by atoms with Gasteiger partial charge in [-0.05, 0) is 37.5 Å². The summed E-state index contributed by atoms with van der Waals surface area (Å²) in [4.78, 5) is 14.6. The third kappa shape index (κ3) is 4.31. The van der Waals surface area contributed by atoms with Gasteiger partial charge in [-0.1, -0.05) is 48.0 Å². The number of amides is 1. The highest BCUT2D eigenvalue weighted by atomic mass is 32.2. The Kier molecular flexibility index (Phi) is 5.74. The van der Waals surface area contributed by atoms with Gasteiger partial charge in [-0.3, -0.25) is 4.79 Å². The van der Waals surface area contributed by atoms with Crippen molar-refractivity contribution in [2.75, 3.05) is 19.6 Å². The number of nitrogens with zero attached hydrogens (tertiary/aromatic N) is 2. The molecule has 1 aliphatic rings. The summed E-state index contributed by atoms with van der Waals surface area (Å²) in [6, 6.07) is 16.1. The van der Waals surface area contributed by atoms with E-state index < -0.39 is 10.0 Å². The molecule has 5 nitrogen and oxygen atoms in total. The molecule has 1 aliphatic heterocycles. The van der Waals surface area contributed by atoms with E-state index in [1.165, 1.54) is 4.31 Å². The lowest BCUT2D eigenvalue weighted by Crippen LogP contribution is -2.41. The van der Waals surface area contributed by atoms with Crippen LogP contribution in [-0.4, -0.2) is 43.2 Å². The molecule has 26 heavy (non-hydrogen) atoms. The SMILES string of the molecule is Cc1ccc(S(=O)(=O)N(CC(=O)N2CCCC2)Cc2ccccc2)cc1. The summed E-state index contributed by atoms with van der Waals surface area (Å²) in [6.07, 6.45) is 1.96. The van der Waals surface area contributed by atoms with Crippen LogP contribution in [0.4, 0.5) is 0 Å². The molecule has 3 rings (SSSR count). The number of carbonyl (C=O) groups excluding carboxylic acids is 1.